The van der Waals surface area contributed by atoms with Crippen molar-refractivity contribution in [2.75, 3.05) is 26.9 Å². The summed E-state index contributed by atoms with van der Waals surface area (Å²) in [4.78, 5) is -0.261. The molecule has 22 heavy (non-hydrogen) atoms. The van der Waals surface area contributed by atoms with Crippen LogP contribution in [0.15, 0.2) is 23.1 Å². The number of rotatable bonds is 8. The van der Waals surface area contributed by atoms with Crippen LogP contribution in [-0.4, -0.2) is 40.8 Å². The van der Waals surface area contributed by atoms with E-state index < -0.39 is 21.4 Å². The lowest BCUT2D eigenvalue weighted by Crippen LogP contribution is -2.45. The number of halogens is 2. The molecule has 0 spiro atoms. The Morgan fingerprint density at radius 1 is 1.32 bits per heavy atom. The molecule has 0 aliphatic heterocycles. The maximum atomic E-state index is 13.3. The Balaban J connectivity index is 0.00000441. The normalized spacial score (nSPS) is 11.9. The molecule has 1 rings (SSSR count). The van der Waals surface area contributed by atoms with Crippen molar-refractivity contribution < 1.29 is 22.3 Å². The standard InChI is InChI=1S/C13H21FN2O4S.ClH/c1-13(2,15)9-16-21(17,18)12-8-10(14)4-5-11(12)20-7-6-19-3;/h4-5,8,16H,6-7,9,15H2,1-3H3;1H. The van der Waals surface area contributed by atoms with Crippen molar-refractivity contribution in [3.05, 3.63) is 24.0 Å². The fraction of sp³-hybridized carbons (Fsp3) is 0.538. The molecule has 9 heteroatoms. The van der Waals surface area contributed by atoms with E-state index in [-0.39, 0.29) is 36.2 Å². The van der Waals surface area contributed by atoms with Crippen molar-refractivity contribution in [3.8, 4) is 5.75 Å². The van der Waals surface area contributed by atoms with Crippen LogP contribution in [0.3, 0.4) is 0 Å². The highest BCUT2D eigenvalue weighted by atomic mass is 35.5. The molecular formula is C13H22ClFN2O4S. The second-order valence-corrected chi connectivity index (χ2v) is 6.98. The minimum atomic E-state index is -3.92. The molecule has 0 aliphatic rings. The predicted molar refractivity (Wildman–Crippen MR) is 84.5 cm³/mol. The highest BCUT2D eigenvalue weighted by Gasteiger charge is 2.23. The zero-order chi connectivity index (χ0) is 16.1. The summed E-state index contributed by atoms with van der Waals surface area (Å²) < 4.78 is 50.3. The Hall–Kier alpha value is -0.930. The van der Waals surface area contributed by atoms with E-state index in [4.69, 9.17) is 15.2 Å². The molecule has 1 aromatic rings. The number of sulfonamides is 1. The molecule has 0 atom stereocenters. The molecule has 0 amide bonds. The van der Waals surface area contributed by atoms with Crippen LogP contribution in [0.25, 0.3) is 0 Å². The van der Waals surface area contributed by atoms with Crippen molar-refractivity contribution in [3.63, 3.8) is 0 Å². The van der Waals surface area contributed by atoms with Gasteiger partial charge in [0, 0.05) is 19.2 Å². The molecule has 0 bridgehead atoms. The first-order chi connectivity index (χ1) is 9.65. The lowest BCUT2D eigenvalue weighted by Gasteiger charge is -2.19. The van der Waals surface area contributed by atoms with E-state index in [0.717, 1.165) is 12.1 Å². The van der Waals surface area contributed by atoms with Crippen LogP contribution in [0.5, 0.6) is 5.75 Å². The van der Waals surface area contributed by atoms with Gasteiger partial charge in [0.1, 0.15) is 23.1 Å². The Morgan fingerprint density at radius 2 is 1.95 bits per heavy atom. The van der Waals surface area contributed by atoms with E-state index in [1.165, 1.54) is 13.2 Å². The van der Waals surface area contributed by atoms with Gasteiger partial charge in [-0.1, -0.05) is 0 Å². The zero-order valence-corrected chi connectivity index (χ0v) is 14.4. The third kappa shape index (κ3) is 6.89. The average molecular weight is 357 g/mol. The van der Waals surface area contributed by atoms with Crippen LogP contribution in [0, 0.1) is 5.82 Å². The van der Waals surface area contributed by atoms with Gasteiger partial charge in [-0.2, -0.15) is 0 Å². The van der Waals surface area contributed by atoms with E-state index >= 15 is 0 Å². The third-order valence-electron chi connectivity index (χ3n) is 2.46. The van der Waals surface area contributed by atoms with Crippen molar-refractivity contribution in [1.29, 1.82) is 0 Å². The summed E-state index contributed by atoms with van der Waals surface area (Å²) in [5, 5.41) is 0. The topological polar surface area (TPSA) is 90.6 Å². The van der Waals surface area contributed by atoms with Crippen molar-refractivity contribution >= 4 is 22.4 Å². The predicted octanol–water partition coefficient (Wildman–Crippen LogP) is 1.29. The number of benzene rings is 1. The molecular weight excluding hydrogens is 335 g/mol. The van der Waals surface area contributed by atoms with Gasteiger partial charge in [0.2, 0.25) is 10.0 Å². The van der Waals surface area contributed by atoms with Gasteiger partial charge < -0.3 is 15.2 Å². The monoisotopic (exact) mass is 356 g/mol. The first-order valence-electron chi connectivity index (χ1n) is 6.35. The first-order valence-corrected chi connectivity index (χ1v) is 7.84. The number of methoxy groups -OCH3 is 1. The average Bonchev–Trinajstić information content (AvgIpc) is 2.38. The highest BCUT2D eigenvalue weighted by molar-refractivity contribution is 7.89. The van der Waals surface area contributed by atoms with Gasteiger partial charge >= 0.3 is 0 Å². The van der Waals surface area contributed by atoms with E-state index in [9.17, 15) is 12.8 Å². The smallest absolute Gasteiger partial charge is 0.244 e. The molecule has 128 valence electrons. The van der Waals surface area contributed by atoms with Crippen molar-refractivity contribution in [2.24, 2.45) is 5.73 Å². The van der Waals surface area contributed by atoms with E-state index in [1.54, 1.807) is 13.8 Å². The summed E-state index contributed by atoms with van der Waals surface area (Å²) in [5.74, 6) is -0.600. The molecule has 0 aromatic heterocycles. The molecule has 6 nitrogen and oxygen atoms in total. The number of nitrogens with one attached hydrogen (secondary N) is 1. The second kappa shape index (κ2) is 8.64. The van der Waals surface area contributed by atoms with Crippen molar-refractivity contribution in [2.45, 2.75) is 24.3 Å². The maximum absolute atomic E-state index is 13.3. The number of ether oxygens (including phenoxy) is 2. The number of hydrogen-bond donors (Lipinski definition) is 2. The number of nitrogens with two attached hydrogens (primary N) is 1. The highest BCUT2D eigenvalue weighted by Crippen LogP contribution is 2.24. The summed E-state index contributed by atoms with van der Waals surface area (Å²) in [7, 11) is -2.42. The van der Waals surface area contributed by atoms with Crippen LogP contribution >= 0.6 is 12.4 Å². The molecule has 3 N–H and O–H groups in total. The summed E-state index contributed by atoms with van der Waals surface area (Å²) in [5.41, 5.74) is 5.01. The number of hydrogen-bond acceptors (Lipinski definition) is 5. The lowest BCUT2D eigenvalue weighted by molar-refractivity contribution is 0.144. The van der Waals surface area contributed by atoms with Crippen LogP contribution in [-0.2, 0) is 14.8 Å². The van der Waals surface area contributed by atoms with E-state index in [0.29, 0.717) is 6.61 Å². The molecule has 0 aliphatic carbocycles. The second-order valence-electron chi connectivity index (χ2n) is 5.25. The van der Waals surface area contributed by atoms with Gasteiger partial charge in [-0.05, 0) is 32.0 Å². The molecule has 0 radical (unpaired) electrons. The Kier molecular flexibility index (Phi) is 8.27. The van der Waals surface area contributed by atoms with E-state index in [1.807, 2.05) is 0 Å². The van der Waals surface area contributed by atoms with Gasteiger partial charge in [-0.15, -0.1) is 12.4 Å². The Morgan fingerprint density at radius 3 is 2.50 bits per heavy atom. The first kappa shape index (κ1) is 21.1. The third-order valence-corrected chi connectivity index (χ3v) is 3.88. The zero-order valence-electron chi connectivity index (χ0n) is 12.8. The Labute approximate surface area is 136 Å². The van der Waals surface area contributed by atoms with Gasteiger partial charge in [-0.3, -0.25) is 0 Å². The summed E-state index contributed by atoms with van der Waals surface area (Å²) in [6.45, 7) is 3.82. The minimum Gasteiger partial charge on any atom is -0.490 e. The summed E-state index contributed by atoms with van der Waals surface area (Å²) in [6.07, 6.45) is 0. The van der Waals surface area contributed by atoms with Gasteiger partial charge in [0.05, 0.1) is 6.61 Å². The van der Waals surface area contributed by atoms with Gasteiger partial charge in [0.15, 0.2) is 0 Å². The minimum absolute atomic E-state index is 0. The van der Waals surface area contributed by atoms with E-state index in [2.05, 4.69) is 4.72 Å². The largest absolute Gasteiger partial charge is 0.490 e. The van der Waals surface area contributed by atoms with Gasteiger partial charge in [0.25, 0.3) is 0 Å². The lowest BCUT2D eigenvalue weighted by atomic mass is 10.1. The summed E-state index contributed by atoms with van der Waals surface area (Å²) in [6, 6.07) is 3.31. The van der Waals surface area contributed by atoms with Crippen LogP contribution in [0.1, 0.15) is 13.8 Å². The maximum Gasteiger partial charge on any atom is 0.244 e. The quantitative estimate of drug-likeness (QED) is 0.685. The SMILES string of the molecule is COCCOc1ccc(F)cc1S(=O)(=O)NCC(C)(C)N.Cl. The molecule has 0 heterocycles. The molecule has 0 saturated carbocycles. The van der Waals surface area contributed by atoms with Crippen LogP contribution in [0.2, 0.25) is 0 Å². The van der Waals surface area contributed by atoms with Gasteiger partial charge in [-0.25, -0.2) is 17.5 Å². The molecule has 0 fully saturated rings. The molecule has 0 saturated heterocycles. The van der Waals surface area contributed by atoms with Crippen LogP contribution in [0.4, 0.5) is 4.39 Å². The Bertz CT molecular complexity index is 576. The molecule has 1 aromatic carbocycles. The van der Waals surface area contributed by atoms with Crippen LogP contribution < -0.4 is 15.2 Å². The summed E-state index contributed by atoms with van der Waals surface area (Å²) >= 11 is 0. The fourth-order valence-electron chi connectivity index (χ4n) is 1.40. The fourth-order valence-corrected chi connectivity index (χ4v) is 2.78. The molecule has 0 unspecified atom stereocenters. The van der Waals surface area contributed by atoms with Crippen molar-refractivity contribution in [1.82, 2.24) is 4.72 Å².